The molecule has 0 aliphatic rings. The van der Waals surface area contributed by atoms with Gasteiger partial charge in [0.05, 0.1) is 10.2 Å². The van der Waals surface area contributed by atoms with Crippen molar-refractivity contribution < 1.29 is 9.53 Å². The maximum Gasteiger partial charge on any atom is 0.306 e. The van der Waals surface area contributed by atoms with Crippen molar-refractivity contribution in [1.29, 1.82) is 0 Å². The summed E-state index contributed by atoms with van der Waals surface area (Å²) in [6.07, 6.45) is 0.783. The summed E-state index contributed by atoms with van der Waals surface area (Å²) in [5, 5.41) is 0. The average molecular weight is 420 g/mol. The molecule has 0 spiro atoms. The molecule has 0 saturated carbocycles. The van der Waals surface area contributed by atoms with Gasteiger partial charge >= 0.3 is 5.97 Å². The zero-order valence-corrected chi connectivity index (χ0v) is 17.5. The zero-order chi connectivity index (χ0) is 19.9. The predicted octanol–water partition coefficient (Wildman–Crippen LogP) is 6.50. The molecule has 0 atom stereocenters. The fraction of sp³-hybridized carbons (Fsp3) is 0.167. The van der Waals surface area contributed by atoms with Crippen molar-refractivity contribution in [3.63, 3.8) is 0 Å². The number of fused-ring (bicyclic) bond motifs is 1. The number of esters is 1. The fourth-order valence-corrected chi connectivity index (χ4v) is 5.14. The van der Waals surface area contributed by atoms with Crippen molar-refractivity contribution in [2.24, 2.45) is 0 Å². The number of hydrogen-bond donors (Lipinski definition) is 0. The second-order valence-electron chi connectivity index (χ2n) is 6.59. The largest absolute Gasteiger partial charge is 0.453 e. The number of nitrogens with zero attached hydrogens (tertiary/aromatic N) is 1. The SMILES string of the molecule is O=C(CCCSc1nc2ccccc2s1)OC(c1ccccc1)c1ccccc1. The molecule has 0 unspecified atom stereocenters. The molecule has 3 aromatic carbocycles. The molecule has 0 fully saturated rings. The molecule has 1 aromatic heterocycles. The van der Waals surface area contributed by atoms with Crippen LogP contribution in [0.5, 0.6) is 0 Å². The summed E-state index contributed by atoms with van der Waals surface area (Å²) in [6.45, 7) is 0. The summed E-state index contributed by atoms with van der Waals surface area (Å²) in [7, 11) is 0. The highest BCUT2D eigenvalue weighted by atomic mass is 32.2. The molecule has 0 bridgehead atoms. The van der Waals surface area contributed by atoms with Crippen molar-refractivity contribution in [2.75, 3.05) is 5.75 Å². The van der Waals surface area contributed by atoms with Gasteiger partial charge < -0.3 is 4.74 Å². The third-order valence-electron chi connectivity index (χ3n) is 4.48. The minimum Gasteiger partial charge on any atom is -0.453 e. The molecular weight excluding hydrogens is 398 g/mol. The van der Waals surface area contributed by atoms with Crippen molar-refractivity contribution in [2.45, 2.75) is 23.3 Å². The Bertz CT molecular complexity index is 991. The van der Waals surface area contributed by atoms with Gasteiger partial charge in [-0.25, -0.2) is 4.98 Å². The van der Waals surface area contributed by atoms with E-state index < -0.39 is 0 Å². The maximum atomic E-state index is 12.5. The van der Waals surface area contributed by atoms with Gasteiger partial charge in [-0.1, -0.05) is 84.6 Å². The molecule has 146 valence electrons. The lowest BCUT2D eigenvalue weighted by Gasteiger charge is -2.19. The zero-order valence-electron chi connectivity index (χ0n) is 15.9. The second kappa shape index (κ2) is 9.72. The van der Waals surface area contributed by atoms with E-state index in [0.717, 1.165) is 33.2 Å². The number of rotatable bonds is 8. The van der Waals surface area contributed by atoms with Gasteiger partial charge in [0.2, 0.25) is 0 Å². The van der Waals surface area contributed by atoms with Crippen molar-refractivity contribution >= 4 is 39.3 Å². The van der Waals surface area contributed by atoms with Crippen LogP contribution in [0, 0.1) is 0 Å². The number of carbonyl (C=O) groups excluding carboxylic acids is 1. The third-order valence-corrected chi connectivity index (χ3v) is 6.74. The molecule has 1 heterocycles. The quantitative estimate of drug-likeness (QED) is 0.186. The summed E-state index contributed by atoms with van der Waals surface area (Å²) in [5.41, 5.74) is 3.00. The molecule has 0 aliphatic heterocycles. The molecule has 5 heteroatoms. The summed E-state index contributed by atoms with van der Waals surface area (Å²) in [5.74, 6) is 0.670. The van der Waals surface area contributed by atoms with Crippen molar-refractivity contribution in [1.82, 2.24) is 4.98 Å². The minimum atomic E-state index is -0.373. The number of thiazole rings is 1. The van der Waals surface area contributed by atoms with Crippen LogP contribution in [0.2, 0.25) is 0 Å². The van der Waals surface area contributed by atoms with Crippen LogP contribution in [0.4, 0.5) is 0 Å². The highest BCUT2D eigenvalue weighted by Gasteiger charge is 2.18. The van der Waals surface area contributed by atoms with Gasteiger partial charge in [0.15, 0.2) is 10.4 Å². The number of ether oxygens (including phenoxy) is 1. The lowest BCUT2D eigenvalue weighted by Crippen LogP contribution is -2.12. The molecule has 4 rings (SSSR count). The average Bonchev–Trinajstić information content (AvgIpc) is 3.19. The van der Waals surface area contributed by atoms with E-state index in [1.165, 1.54) is 4.70 Å². The van der Waals surface area contributed by atoms with E-state index in [1.54, 1.807) is 23.1 Å². The van der Waals surface area contributed by atoms with Crippen LogP contribution in [0.1, 0.15) is 30.1 Å². The smallest absolute Gasteiger partial charge is 0.306 e. The molecule has 0 aliphatic carbocycles. The van der Waals surface area contributed by atoms with E-state index in [1.807, 2.05) is 78.9 Å². The summed E-state index contributed by atoms with van der Waals surface area (Å²) >= 11 is 3.40. The van der Waals surface area contributed by atoms with E-state index in [4.69, 9.17) is 4.74 Å². The molecule has 0 radical (unpaired) electrons. The summed E-state index contributed by atoms with van der Waals surface area (Å²) in [4.78, 5) is 17.1. The van der Waals surface area contributed by atoms with Gasteiger partial charge in [0.1, 0.15) is 0 Å². The lowest BCUT2D eigenvalue weighted by atomic mass is 10.0. The summed E-state index contributed by atoms with van der Waals surface area (Å²) in [6, 6.07) is 27.9. The number of aromatic nitrogens is 1. The van der Waals surface area contributed by atoms with Crippen LogP contribution in [-0.2, 0) is 9.53 Å². The van der Waals surface area contributed by atoms with Gasteiger partial charge in [-0.15, -0.1) is 11.3 Å². The fourth-order valence-electron chi connectivity index (χ4n) is 3.06. The number of hydrogen-bond acceptors (Lipinski definition) is 5. The Kier molecular flexibility index (Phi) is 6.60. The Morgan fingerprint density at radius 2 is 1.52 bits per heavy atom. The van der Waals surface area contributed by atoms with E-state index in [2.05, 4.69) is 11.1 Å². The van der Waals surface area contributed by atoms with Gasteiger partial charge in [-0.2, -0.15) is 0 Å². The molecule has 0 saturated heterocycles. The Balaban J connectivity index is 1.32. The first kappa shape index (κ1) is 19.7. The van der Waals surface area contributed by atoms with E-state index >= 15 is 0 Å². The normalized spacial score (nSPS) is 11.1. The van der Waals surface area contributed by atoms with Crippen LogP contribution in [0.3, 0.4) is 0 Å². The lowest BCUT2D eigenvalue weighted by molar-refractivity contribution is -0.147. The first-order chi connectivity index (χ1) is 14.3. The van der Waals surface area contributed by atoms with Gasteiger partial charge in [0, 0.05) is 12.2 Å². The van der Waals surface area contributed by atoms with Crippen LogP contribution < -0.4 is 0 Å². The standard InChI is InChI=1S/C24H21NO2S2/c26-22(16-9-17-28-24-25-20-14-7-8-15-21(20)29-24)27-23(18-10-3-1-4-11-18)19-12-5-2-6-13-19/h1-8,10-15,23H,9,16-17H2. The highest BCUT2D eigenvalue weighted by molar-refractivity contribution is 8.01. The predicted molar refractivity (Wildman–Crippen MR) is 120 cm³/mol. The van der Waals surface area contributed by atoms with E-state index in [0.29, 0.717) is 6.42 Å². The molecule has 29 heavy (non-hydrogen) atoms. The Morgan fingerprint density at radius 1 is 0.897 bits per heavy atom. The van der Waals surface area contributed by atoms with Crippen LogP contribution >= 0.6 is 23.1 Å². The highest BCUT2D eigenvalue weighted by Crippen LogP contribution is 2.30. The third kappa shape index (κ3) is 5.25. The van der Waals surface area contributed by atoms with E-state index in [9.17, 15) is 4.79 Å². The molecule has 3 nitrogen and oxygen atoms in total. The number of carbonyl (C=O) groups is 1. The monoisotopic (exact) mass is 419 g/mol. The van der Waals surface area contributed by atoms with Crippen molar-refractivity contribution in [3.8, 4) is 0 Å². The van der Waals surface area contributed by atoms with E-state index in [-0.39, 0.29) is 12.1 Å². The first-order valence-corrected chi connectivity index (χ1v) is 11.4. The van der Waals surface area contributed by atoms with Crippen LogP contribution in [-0.4, -0.2) is 16.7 Å². The number of para-hydroxylation sites is 1. The van der Waals surface area contributed by atoms with Crippen LogP contribution in [0.25, 0.3) is 10.2 Å². The number of benzene rings is 3. The second-order valence-corrected chi connectivity index (χ2v) is 8.96. The molecule has 0 amide bonds. The van der Waals surface area contributed by atoms with Gasteiger partial charge in [-0.3, -0.25) is 4.79 Å². The van der Waals surface area contributed by atoms with Crippen LogP contribution in [0.15, 0.2) is 89.3 Å². The molecular formula is C24H21NO2S2. The topological polar surface area (TPSA) is 39.2 Å². The Morgan fingerprint density at radius 3 is 2.17 bits per heavy atom. The Labute approximate surface area is 178 Å². The number of thioether (sulfide) groups is 1. The van der Waals surface area contributed by atoms with Gasteiger partial charge in [-0.05, 0) is 29.7 Å². The van der Waals surface area contributed by atoms with Crippen molar-refractivity contribution in [3.05, 3.63) is 96.1 Å². The minimum absolute atomic E-state index is 0.174. The maximum absolute atomic E-state index is 12.5. The van der Waals surface area contributed by atoms with Gasteiger partial charge in [0.25, 0.3) is 0 Å². The Hall–Kier alpha value is -2.63. The first-order valence-electron chi connectivity index (χ1n) is 9.57. The summed E-state index contributed by atoms with van der Waals surface area (Å²) < 4.78 is 8.11. The molecule has 0 N–H and O–H groups in total. The molecule has 4 aromatic rings.